The molecule has 74 valence electrons. The van der Waals surface area contributed by atoms with Gasteiger partial charge >= 0.3 is 0 Å². The van der Waals surface area contributed by atoms with E-state index >= 15 is 0 Å². The minimum absolute atomic E-state index is 0.455. The molecule has 0 unspecified atom stereocenters. The van der Waals surface area contributed by atoms with E-state index in [2.05, 4.69) is 15.0 Å². The molecule has 0 bridgehead atoms. The van der Waals surface area contributed by atoms with E-state index in [1.807, 2.05) is 6.07 Å². The molecule has 0 aliphatic heterocycles. The second-order valence-corrected chi connectivity index (χ2v) is 3.71. The lowest BCUT2D eigenvalue weighted by Gasteiger charge is -2.00. The predicted molar refractivity (Wildman–Crippen MR) is 56.1 cm³/mol. The lowest BCUT2D eigenvalue weighted by atomic mass is 10.3. The van der Waals surface area contributed by atoms with Gasteiger partial charge in [0.1, 0.15) is 11.1 Å². The maximum atomic E-state index is 8.88. The maximum Gasteiger partial charge on any atom is 0.171 e. The highest BCUT2D eigenvalue weighted by Gasteiger charge is 2.07. The fraction of sp³-hybridized carbons (Fsp3) is 0. The number of nitrogens with one attached hydrogen (secondary N) is 1. The predicted octanol–water partition coefficient (Wildman–Crippen LogP) is 1.41. The molecule has 0 aliphatic rings. The molecule has 0 amide bonds. The average molecular weight is 217 g/mol. The second-order valence-electron chi connectivity index (χ2n) is 2.73. The number of nitrogens with zero attached hydrogens (tertiary/aromatic N) is 3. The van der Waals surface area contributed by atoms with Gasteiger partial charge < -0.3 is 10.7 Å². The third-order valence-corrected chi connectivity index (χ3v) is 2.59. The third-order valence-electron chi connectivity index (χ3n) is 1.66. The number of nitriles is 1. The molecule has 2 aromatic heterocycles. The minimum Gasteiger partial charge on any atom is -0.397 e. The molecule has 0 atom stereocenters. The molecule has 2 aromatic rings. The fourth-order valence-electron chi connectivity index (χ4n) is 1.03. The first-order valence-electron chi connectivity index (χ1n) is 4.12. The van der Waals surface area contributed by atoms with Crippen molar-refractivity contribution in [1.29, 1.82) is 5.26 Å². The Morgan fingerprint density at radius 2 is 2.33 bits per heavy atom. The zero-order valence-corrected chi connectivity index (χ0v) is 8.45. The summed E-state index contributed by atoms with van der Waals surface area (Å²) >= 11 is 1.30. The van der Waals surface area contributed by atoms with Crippen molar-refractivity contribution in [3.8, 4) is 6.07 Å². The van der Waals surface area contributed by atoms with Crippen LogP contribution in [0.4, 0.5) is 5.69 Å². The van der Waals surface area contributed by atoms with Crippen LogP contribution < -0.4 is 5.73 Å². The summed E-state index contributed by atoms with van der Waals surface area (Å²) in [5, 5.41) is 10.2. The van der Waals surface area contributed by atoms with E-state index in [1.54, 1.807) is 18.5 Å². The first-order valence-corrected chi connectivity index (χ1v) is 4.94. The maximum absolute atomic E-state index is 8.88. The highest BCUT2D eigenvalue weighted by Crippen LogP contribution is 2.26. The SMILES string of the molecule is N#Cc1cc(N)cnc1Sc1ncc[nH]1. The average Bonchev–Trinajstić information content (AvgIpc) is 2.73. The lowest BCUT2D eigenvalue weighted by Crippen LogP contribution is -1.92. The van der Waals surface area contributed by atoms with Crippen LogP contribution in [0.25, 0.3) is 0 Å². The quantitative estimate of drug-likeness (QED) is 0.793. The van der Waals surface area contributed by atoms with Crippen molar-refractivity contribution < 1.29 is 0 Å². The number of anilines is 1. The summed E-state index contributed by atoms with van der Waals surface area (Å²) in [5.74, 6) is 0. The number of hydrogen-bond acceptors (Lipinski definition) is 5. The molecular weight excluding hydrogens is 210 g/mol. The van der Waals surface area contributed by atoms with Gasteiger partial charge in [-0.3, -0.25) is 0 Å². The molecule has 6 heteroatoms. The van der Waals surface area contributed by atoms with Gasteiger partial charge in [-0.1, -0.05) is 0 Å². The smallest absolute Gasteiger partial charge is 0.171 e. The van der Waals surface area contributed by atoms with Crippen molar-refractivity contribution in [1.82, 2.24) is 15.0 Å². The minimum atomic E-state index is 0.455. The van der Waals surface area contributed by atoms with Crippen molar-refractivity contribution in [2.75, 3.05) is 5.73 Å². The van der Waals surface area contributed by atoms with Gasteiger partial charge in [-0.25, -0.2) is 9.97 Å². The van der Waals surface area contributed by atoms with Crippen LogP contribution in [0.1, 0.15) is 5.56 Å². The Balaban J connectivity index is 2.33. The number of rotatable bonds is 2. The van der Waals surface area contributed by atoms with Crippen LogP contribution in [0.2, 0.25) is 0 Å². The van der Waals surface area contributed by atoms with Crippen molar-refractivity contribution in [2.45, 2.75) is 10.2 Å². The topological polar surface area (TPSA) is 91.4 Å². The molecule has 15 heavy (non-hydrogen) atoms. The summed E-state index contributed by atoms with van der Waals surface area (Å²) in [6, 6.07) is 3.64. The standard InChI is InChI=1S/C9H7N5S/c10-4-6-3-7(11)5-14-8(6)15-9-12-1-2-13-9/h1-3,5H,11H2,(H,12,13). The molecule has 5 nitrogen and oxygen atoms in total. The van der Waals surface area contributed by atoms with Crippen molar-refractivity contribution >= 4 is 17.4 Å². The highest BCUT2D eigenvalue weighted by atomic mass is 32.2. The van der Waals surface area contributed by atoms with Crippen LogP contribution in [0.3, 0.4) is 0 Å². The van der Waals surface area contributed by atoms with E-state index in [9.17, 15) is 0 Å². The van der Waals surface area contributed by atoms with Gasteiger partial charge in [-0.2, -0.15) is 5.26 Å². The Kier molecular flexibility index (Phi) is 2.56. The normalized spacial score (nSPS) is 9.80. The van der Waals surface area contributed by atoms with Crippen LogP contribution in [-0.4, -0.2) is 15.0 Å². The Bertz CT molecular complexity index is 500. The van der Waals surface area contributed by atoms with Crippen molar-refractivity contribution in [3.63, 3.8) is 0 Å². The molecule has 2 rings (SSSR count). The van der Waals surface area contributed by atoms with E-state index in [0.29, 0.717) is 21.4 Å². The summed E-state index contributed by atoms with van der Waals surface area (Å²) in [6.45, 7) is 0. The van der Waals surface area contributed by atoms with Gasteiger partial charge in [0.25, 0.3) is 0 Å². The Hall–Kier alpha value is -2.00. The van der Waals surface area contributed by atoms with E-state index in [0.717, 1.165) is 0 Å². The van der Waals surface area contributed by atoms with Gasteiger partial charge in [0.2, 0.25) is 0 Å². The molecule has 0 fully saturated rings. The summed E-state index contributed by atoms with van der Waals surface area (Å²) in [6.07, 6.45) is 4.88. The summed E-state index contributed by atoms with van der Waals surface area (Å²) in [4.78, 5) is 11.0. The first kappa shape index (κ1) is 9.55. The van der Waals surface area contributed by atoms with E-state index in [-0.39, 0.29) is 0 Å². The zero-order valence-electron chi connectivity index (χ0n) is 7.64. The van der Waals surface area contributed by atoms with Crippen LogP contribution in [0.5, 0.6) is 0 Å². The molecule has 0 spiro atoms. The number of hydrogen-bond donors (Lipinski definition) is 2. The van der Waals surface area contributed by atoms with Gasteiger partial charge in [-0.05, 0) is 17.8 Å². The number of aromatic amines is 1. The Labute approximate surface area is 90.4 Å². The zero-order chi connectivity index (χ0) is 10.7. The largest absolute Gasteiger partial charge is 0.397 e. The fourth-order valence-corrected chi connectivity index (χ4v) is 1.77. The Morgan fingerprint density at radius 3 is 3.00 bits per heavy atom. The van der Waals surface area contributed by atoms with Crippen LogP contribution in [0, 0.1) is 11.3 Å². The molecule has 0 aromatic carbocycles. The van der Waals surface area contributed by atoms with E-state index in [1.165, 1.54) is 18.0 Å². The molecule has 0 saturated heterocycles. The van der Waals surface area contributed by atoms with Crippen LogP contribution >= 0.6 is 11.8 Å². The Morgan fingerprint density at radius 1 is 1.47 bits per heavy atom. The number of nitrogen functional groups attached to an aromatic ring is 1. The van der Waals surface area contributed by atoms with E-state index in [4.69, 9.17) is 11.0 Å². The van der Waals surface area contributed by atoms with Gasteiger partial charge in [0.15, 0.2) is 5.16 Å². The summed E-state index contributed by atoms with van der Waals surface area (Å²) < 4.78 is 0. The van der Waals surface area contributed by atoms with Crippen molar-refractivity contribution in [3.05, 3.63) is 30.2 Å². The van der Waals surface area contributed by atoms with Crippen LogP contribution in [-0.2, 0) is 0 Å². The molecule has 3 N–H and O–H groups in total. The van der Waals surface area contributed by atoms with Gasteiger partial charge in [0, 0.05) is 12.4 Å². The third kappa shape index (κ3) is 2.08. The summed E-state index contributed by atoms with van der Waals surface area (Å²) in [5.41, 5.74) is 6.47. The number of nitrogens with two attached hydrogens (primary N) is 1. The summed E-state index contributed by atoms with van der Waals surface area (Å²) in [7, 11) is 0. The van der Waals surface area contributed by atoms with Gasteiger partial charge in [-0.15, -0.1) is 0 Å². The molecule has 0 aliphatic carbocycles. The number of aromatic nitrogens is 3. The highest BCUT2D eigenvalue weighted by molar-refractivity contribution is 7.99. The van der Waals surface area contributed by atoms with Gasteiger partial charge in [0.05, 0.1) is 17.4 Å². The number of pyridine rings is 1. The molecule has 2 heterocycles. The molecule has 0 radical (unpaired) electrons. The lowest BCUT2D eigenvalue weighted by molar-refractivity contribution is 1.04. The monoisotopic (exact) mass is 217 g/mol. The van der Waals surface area contributed by atoms with E-state index < -0.39 is 0 Å². The molecule has 0 saturated carbocycles. The molecular formula is C9H7N5S. The van der Waals surface area contributed by atoms with Crippen molar-refractivity contribution in [2.24, 2.45) is 0 Å². The first-order chi connectivity index (χ1) is 7.29. The number of H-pyrrole nitrogens is 1. The number of imidazole rings is 1. The second kappa shape index (κ2) is 4.02. The van der Waals surface area contributed by atoms with Crippen LogP contribution in [0.15, 0.2) is 34.8 Å².